The maximum absolute atomic E-state index is 11.9. The maximum Gasteiger partial charge on any atom is 0.305 e. The van der Waals surface area contributed by atoms with Gasteiger partial charge in [-0.1, -0.05) is 155 Å². The Labute approximate surface area is 227 Å². The van der Waals surface area contributed by atoms with Gasteiger partial charge in [0.2, 0.25) is 0 Å². The van der Waals surface area contributed by atoms with E-state index in [1.807, 2.05) is 0 Å². The average molecular weight is 507 g/mol. The fourth-order valence-corrected chi connectivity index (χ4v) is 4.84. The van der Waals surface area contributed by atoms with Gasteiger partial charge in [0, 0.05) is 6.42 Å². The van der Waals surface area contributed by atoms with Gasteiger partial charge in [-0.3, -0.25) is 4.79 Å². The van der Waals surface area contributed by atoms with Crippen LogP contribution in [0.3, 0.4) is 0 Å². The van der Waals surface area contributed by atoms with Crippen molar-refractivity contribution >= 4 is 5.97 Å². The molecule has 0 aliphatic carbocycles. The molecule has 2 nitrogen and oxygen atoms in total. The van der Waals surface area contributed by atoms with Crippen LogP contribution in [0.5, 0.6) is 0 Å². The highest BCUT2D eigenvalue weighted by atomic mass is 16.5. The van der Waals surface area contributed by atoms with Crippen LogP contribution in [0.15, 0.2) is 12.2 Å². The van der Waals surface area contributed by atoms with E-state index in [-0.39, 0.29) is 5.97 Å². The van der Waals surface area contributed by atoms with Crippen molar-refractivity contribution in [3.8, 4) is 0 Å². The molecule has 0 aromatic heterocycles. The van der Waals surface area contributed by atoms with Crippen molar-refractivity contribution in [3.63, 3.8) is 0 Å². The Morgan fingerprint density at radius 1 is 0.556 bits per heavy atom. The van der Waals surface area contributed by atoms with Gasteiger partial charge in [0.25, 0.3) is 0 Å². The van der Waals surface area contributed by atoms with Crippen LogP contribution >= 0.6 is 0 Å². The first-order chi connectivity index (χ1) is 17.7. The van der Waals surface area contributed by atoms with E-state index in [1.165, 1.54) is 148 Å². The summed E-state index contributed by atoms with van der Waals surface area (Å²) in [4.78, 5) is 11.9. The molecule has 0 unspecified atom stereocenters. The summed E-state index contributed by atoms with van der Waals surface area (Å²) in [7, 11) is 0. The van der Waals surface area contributed by atoms with E-state index in [9.17, 15) is 4.79 Å². The maximum atomic E-state index is 11.9. The van der Waals surface area contributed by atoms with Gasteiger partial charge in [0.05, 0.1) is 6.61 Å². The lowest BCUT2D eigenvalue weighted by atomic mass is 10.0. The minimum absolute atomic E-state index is 0.0184. The summed E-state index contributed by atoms with van der Waals surface area (Å²) < 4.78 is 5.42. The lowest BCUT2D eigenvalue weighted by molar-refractivity contribution is -0.143. The molecule has 0 radical (unpaired) electrons. The monoisotopic (exact) mass is 507 g/mol. The molecular weight excluding hydrogens is 440 g/mol. The van der Waals surface area contributed by atoms with Gasteiger partial charge in [0.15, 0.2) is 0 Å². The quantitative estimate of drug-likeness (QED) is 0.0572. The van der Waals surface area contributed by atoms with Crippen molar-refractivity contribution < 1.29 is 9.53 Å². The molecule has 0 aromatic rings. The standard InChI is InChI=1S/C34H66O2/c1-4-5-6-7-8-9-10-11-14-17-20-23-26-29-32-36-34(35)31-28-25-22-19-16-13-12-15-18-21-24-27-30-33(2)3/h9-10,33H,4-8,11-32H2,1-3H3. The van der Waals surface area contributed by atoms with Crippen LogP contribution in [0.4, 0.5) is 0 Å². The molecular formula is C34H66O2. The Morgan fingerprint density at radius 2 is 0.972 bits per heavy atom. The van der Waals surface area contributed by atoms with E-state index < -0.39 is 0 Å². The normalized spacial score (nSPS) is 11.7. The summed E-state index contributed by atoms with van der Waals surface area (Å²) in [6.45, 7) is 7.54. The molecule has 0 aliphatic rings. The second-order valence-electron chi connectivity index (χ2n) is 11.6. The highest BCUT2D eigenvalue weighted by molar-refractivity contribution is 5.69. The number of carbonyl (C=O) groups excluding carboxylic acids is 1. The summed E-state index contributed by atoms with van der Waals surface area (Å²) in [5.74, 6) is 0.887. The van der Waals surface area contributed by atoms with Crippen molar-refractivity contribution in [1.29, 1.82) is 0 Å². The molecule has 0 atom stereocenters. The summed E-state index contributed by atoms with van der Waals surface area (Å²) in [6.07, 6.45) is 38.3. The number of hydrogen-bond donors (Lipinski definition) is 0. The third-order valence-electron chi connectivity index (χ3n) is 7.33. The molecule has 0 fully saturated rings. The van der Waals surface area contributed by atoms with Crippen molar-refractivity contribution in [2.24, 2.45) is 5.92 Å². The molecule has 0 aliphatic heterocycles. The summed E-state index contributed by atoms with van der Waals surface area (Å²) in [5, 5.41) is 0. The SMILES string of the molecule is CCCCCCC=CCCCCCCCCOC(=O)CCCCCCCCCCCCCCC(C)C. The lowest BCUT2D eigenvalue weighted by Gasteiger charge is -2.06. The van der Waals surface area contributed by atoms with E-state index in [2.05, 4.69) is 32.9 Å². The molecule has 2 heteroatoms. The molecule has 214 valence electrons. The number of unbranched alkanes of at least 4 members (excludes halogenated alkanes) is 21. The van der Waals surface area contributed by atoms with E-state index >= 15 is 0 Å². The van der Waals surface area contributed by atoms with Crippen molar-refractivity contribution in [3.05, 3.63) is 12.2 Å². The van der Waals surface area contributed by atoms with Crippen molar-refractivity contribution in [2.45, 2.75) is 188 Å². The molecule has 0 bridgehead atoms. The van der Waals surface area contributed by atoms with Crippen LogP contribution in [0, 0.1) is 5.92 Å². The lowest BCUT2D eigenvalue weighted by Crippen LogP contribution is -2.05. The van der Waals surface area contributed by atoms with Gasteiger partial charge in [0.1, 0.15) is 0 Å². The van der Waals surface area contributed by atoms with Crippen LogP contribution in [-0.2, 0) is 9.53 Å². The number of esters is 1. The number of carbonyl (C=O) groups is 1. The number of allylic oxidation sites excluding steroid dienone is 2. The summed E-state index contributed by atoms with van der Waals surface area (Å²) in [5.41, 5.74) is 0. The molecule has 36 heavy (non-hydrogen) atoms. The Hall–Kier alpha value is -0.790. The largest absolute Gasteiger partial charge is 0.466 e. The topological polar surface area (TPSA) is 26.3 Å². The van der Waals surface area contributed by atoms with Crippen LogP contribution < -0.4 is 0 Å². The third kappa shape index (κ3) is 31.2. The van der Waals surface area contributed by atoms with Crippen LogP contribution in [0.1, 0.15) is 188 Å². The molecule has 0 spiro atoms. The minimum Gasteiger partial charge on any atom is -0.466 e. The van der Waals surface area contributed by atoms with Crippen molar-refractivity contribution in [1.82, 2.24) is 0 Å². The second-order valence-corrected chi connectivity index (χ2v) is 11.6. The molecule has 0 saturated heterocycles. The van der Waals surface area contributed by atoms with Crippen LogP contribution in [-0.4, -0.2) is 12.6 Å². The number of rotatable bonds is 29. The van der Waals surface area contributed by atoms with Gasteiger partial charge in [-0.05, 0) is 44.4 Å². The van der Waals surface area contributed by atoms with E-state index in [0.29, 0.717) is 13.0 Å². The zero-order valence-electron chi connectivity index (χ0n) is 25.1. The second kappa shape index (κ2) is 30.4. The predicted molar refractivity (Wildman–Crippen MR) is 161 cm³/mol. The number of hydrogen-bond acceptors (Lipinski definition) is 2. The molecule has 0 amide bonds. The van der Waals surface area contributed by atoms with Crippen molar-refractivity contribution in [2.75, 3.05) is 6.61 Å². The third-order valence-corrected chi connectivity index (χ3v) is 7.33. The van der Waals surface area contributed by atoms with Gasteiger partial charge >= 0.3 is 5.97 Å². The predicted octanol–water partition coefficient (Wildman–Crippen LogP) is 11.9. The highest BCUT2D eigenvalue weighted by Crippen LogP contribution is 2.15. The minimum atomic E-state index is 0.0184. The van der Waals surface area contributed by atoms with Gasteiger partial charge < -0.3 is 4.74 Å². The average Bonchev–Trinajstić information content (AvgIpc) is 2.86. The highest BCUT2D eigenvalue weighted by Gasteiger charge is 2.02. The van der Waals surface area contributed by atoms with Gasteiger partial charge in [-0.15, -0.1) is 0 Å². The molecule has 0 heterocycles. The van der Waals surface area contributed by atoms with E-state index in [1.54, 1.807) is 0 Å². The van der Waals surface area contributed by atoms with Gasteiger partial charge in [-0.25, -0.2) is 0 Å². The molecule has 0 N–H and O–H groups in total. The molecule has 0 rings (SSSR count). The fraction of sp³-hybridized carbons (Fsp3) is 0.912. The first-order valence-electron chi connectivity index (χ1n) is 16.5. The zero-order chi connectivity index (χ0) is 26.4. The Balaban J connectivity index is 3.19. The smallest absolute Gasteiger partial charge is 0.305 e. The van der Waals surface area contributed by atoms with Crippen LogP contribution in [0.2, 0.25) is 0 Å². The summed E-state index contributed by atoms with van der Waals surface area (Å²) in [6, 6.07) is 0. The van der Waals surface area contributed by atoms with Gasteiger partial charge in [-0.2, -0.15) is 0 Å². The molecule has 0 aromatic carbocycles. The first-order valence-corrected chi connectivity index (χ1v) is 16.5. The summed E-state index contributed by atoms with van der Waals surface area (Å²) >= 11 is 0. The van der Waals surface area contributed by atoms with E-state index in [0.717, 1.165) is 18.8 Å². The van der Waals surface area contributed by atoms with Crippen LogP contribution in [0.25, 0.3) is 0 Å². The zero-order valence-corrected chi connectivity index (χ0v) is 25.1. The Kier molecular flexibility index (Phi) is 29.8. The Morgan fingerprint density at radius 3 is 1.47 bits per heavy atom. The van der Waals surface area contributed by atoms with E-state index in [4.69, 9.17) is 4.74 Å². The fourth-order valence-electron chi connectivity index (χ4n) is 4.84. The first kappa shape index (κ1) is 35.2. The Bertz CT molecular complexity index is 454. The number of ether oxygens (including phenoxy) is 1. The molecule has 0 saturated carbocycles.